The second-order valence-electron chi connectivity index (χ2n) is 4.39. The Morgan fingerprint density at radius 1 is 1.30 bits per heavy atom. The summed E-state index contributed by atoms with van der Waals surface area (Å²) >= 11 is 0. The highest BCUT2D eigenvalue weighted by Gasteiger charge is 2.20. The maximum Gasteiger partial charge on any atom is 0.237 e. The minimum absolute atomic E-state index is 0.241. The molecule has 0 fully saturated rings. The van der Waals surface area contributed by atoms with E-state index in [9.17, 15) is 4.39 Å². The first-order chi connectivity index (χ1) is 9.76. The fourth-order valence-corrected chi connectivity index (χ4v) is 2.04. The Bertz CT molecular complexity index is 562. The number of rotatable bonds is 6. The van der Waals surface area contributed by atoms with Crippen molar-refractivity contribution < 1.29 is 9.13 Å². The van der Waals surface area contributed by atoms with Gasteiger partial charge in [0.05, 0.1) is 13.2 Å². The standard InChI is InChI=1S/C15H18FN3O/c1-3-7-17-13(11-5-4-6-12(16)10-11)14-15(20-2)19-9-8-18-14/h4-6,8-10,13,17H,3,7H2,1-2H3. The summed E-state index contributed by atoms with van der Waals surface area (Å²) in [7, 11) is 1.55. The van der Waals surface area contributed by atoms with E-state index in [4.69, 9.17) is 4.74 Å². The molecule has 0 spiro atoms. The molecule has 1 aromatic carbocycles. The van der Waals surface area contributed by atoms with Crippen molar-refractivity contribution in [1.29, 1.82) is 0 Å². The molecule has 0 saturated carbocycles. The lowest BCUT2D eigenvalue weighted by Gasteiger charge is -2.19. The summed E-state index contributed by atoms with van der Waals surface area (Å²) in [5.41, 5.74) is 1.46. The number of benzene rings is 1. The van der Waals surface area contributed by atoms with Gasteiger partial charge in [-0.2, -0.15) is 0 Å². The van der Waals surface area contributed by atoms with Crippen molar-refractivity contribution >= 4 is 0 Å². The van der Waals surface area contributed by atoms with Crippen LogP contribution >= 0.6 is 0 Å². The van der Waals surface area contributed by atoms with Gasteiger partial charge in [-0.1, -0.05) is 19.1 Å². The van der Waals surface area contributed by atoms with Gasteiger partial charge in [0.2, 0.25) is 5.88 Å². The maximum atomic E-state index is 13.5. The molecule has 106 valence electrons. The minimum atomic E-state index is -0.270. The van der Waals surface area contributed by atoms with Gasteiger partial charge in [0.25, 0.3) is 0 Å². The van der Waals surface area contributed by atoms with E-state index in [1.807, 2.05) is 6.07 Å². The van der Waals surface area contributed by atoms with Gasteiger partial charge in [0.15, 0.2) is 0 Å². The monoisotopic (exact) mass is 275 g/mol. The SMILES string of the molecule is CCCNC(c1cccc(F)c1)c1nccnc1OC. The molecule has 1 aromatic heterocycles. The molecule has 5 heteroatoms. The third-order valence-corrected chi connectivity index (χ3v) is 2.94. The Morgan fingerprint density at radius 3 is 2.80 bits per heavy atom. The summed E-state index contributed by atoms with van der Waals surface area (Å²) in [6, 6.07) is 6.24. The van der Waals surface area contributed by atoms with Gasteiger partial charge in [-0.15, -0.1) is 0 Å². The van der Waals surface area contributed by atoms with Gasteiger partial charge in [-0.05, 0) is 30.7 Å². The number of hydrogen-bond acceptors (Lipinski definition) is 4. The second kappa shape index (κ2) is 6.96. The molecule has 0 aliphatic carbocycles. The number of aromatic nitrogens is 2. The molecule has 0 aliphatic rings. The zero-order valence-corrected chi connectivity index (χ0v) is 11.6. The first-order valence-electron chi connectivity index (χ1n) is 6.60. The van der Waals surface area contributed by atoms with Crippen LogP contribution in [0.1, 0.15) is 30.6 Å². The molecule has 1 atom stereocenters. The number of nitrogens with zero attached hydrogens (tertiary/aromatic N) is 2. The molecule has 2 rings (SSSR count). The quantitative estimate of drug-likeness (QED) is 0.880. The van der Waals surface area contributed by atoms with Crippen LogP contribution in [0.4, 0.5) is 4.39 Å². The lowest BCUT2D eigenvalue weighted by atomic mass is 10.0. The summed E-state index contributed by atoms with van der Waals surface area (Å²) in [5, 5.41) is 3.35. The Labute approximate surface area is 118 Å². The average molecular weight is 275 g/mol. The number of methoxy groups -OCH3 is 1. The Balaban J connectivity index is 2.41. The molecule has 0 aliphatic heterocycles. The van der Waals surface area contributed by atoms with Crippen LogP contribution in [0.5, 0.6) is 5.88 Å². The van der Waals surface area contributed by atoms with Crippen LogP contribution in [-0.4, -0.2) is 23.6 Å². The largest absolute Gasteiger partial charge is 0.480 e. The van der Waals surface area contributed by atoms with Gasteiger partial charge in [-0.3, -0.25) is 4.98 Å². The molecule has 0 saturated heterocycles. The summed E-state index contributed by atoms with van der Waals surface area (Å²) < 4.78 is 18.7. The van der Waals surface area contributed by atoms with Crippen molar-refractivity contribution in [1.82, 2.24) is 15.3 Å². The van der Waals surface area contributed by atoms with Gasteiger partial charge < -0.3 is 10.1 Å². The lowest BCUT2D eigenvalue weighted by Crippen LogP contribution is -2.25. The Morgan fingerprint density at radius 2 is 2.10 bits per heavy atom. The van der Waals surface area contributed by atoms with E-state index in [-0.39, 0.29) is 11.9 Å². The van der Waals surface area contributed by atoms with E-state index in [2.05, 4.69) is 22.2 Å². The molecular formula is C15H18FN3O. The van der Waals surface area contributed by atoms with Crippen LogP contribution in [0.2, 0.25) is 0 Å². The van der Waals surface area contributed by atoms with Crippen molar-refractivity contribution in [2.45, 2.75) is 19.4 Å². The van der Waals surface area contributed by atoms with Crippen LogP contribution in [-0.2, 0) is 0 Å². The Kier molecular flexibility index (Phi) is 5.01. The predicted molar refractivity (Wildman–Crippen MR) is 75.1 cm³/mol. The predicted octanol–water partition coefficient (Wildman–Crippen LogP) is 2.71. The van der Waals surface area contributed by atoms with Gasteiger partial charge in [0.1, 0.15) is 11.5 Å². The van der Waals surface area contributed by atoms with Crippen molar-refractivity contribution in [3.05, 3.63) is 53.7 Å². The zero-order valence-electron chi connectivity index (χ0n) is 11.6. The Hall–Kier alpha value is -2.01. The molecule has 0 radical (unpaired) electrons. The van der Waals surface area contributed by atoms with E-state index in [1.165, 1.54) is 12.1 Å². The maximum absolute atomic E-state index is 13.5. The third-order valence-electron chi connectivity index (χ3n) is 2.94. The molecule has 2 aromatic rings. The summed E-state index contributed by atoms with van der Waals surface area (Å²) in [6.07, 6.45) is 4.15. The molecule has 1 N–H and O–H groups in total. The van der Waals surface area contributed by atoms with Crippen LogP contribution < -0.4 is 10.1 Å². The normalized spacial score (nSPS) is 12.2. The highest BCUT2D eigenvalue weighted by molar-refractivity contribution is 5.33. The first kappa shape index (κ1) is 14.4. The van der Waals surface area contributed by atoms with E-state index in [1.54, 1.807) is 25.6 Å². The smallest absolute Gasteiger partial charge is 0.237 e. The fourth-order valence-electron chi connectivity index (χ4n) is 2.04. The van der Waals surface area contributed by atoms with E-state index in [0.29, 0.717) is 11.6 Å². The van der Waals surface area contributed by atoms with E-state index < -0.39 is 0 Å². The zero-order chi connectivity index (χ0) is 14.4. The summed E-state index contributed by atoms with van der Waals surface area (Å²) in [6.45, 7) is 2.87. The minimum Gasteiger partial charge on any atom is -0.480 e. The van der Waals surface area contributed by atoms with Crippen molar-refractivity contribution in [2.75, 3.05) is 13.7 Å². The molecular weight excluding hydrogens is 257 g/mol. The molecule has 0 amide bonds. The van der Waals surface area contributed by atoms with Gasteiger partial charge in [-0.25, -0.2) is 9.37 Å². The first-order valence-corrected chi connectivity index (χ1v) is 6.60. The molecule has 4 nitrogen and oxygen atoms in total. The van der Waals surface area contributed by atoms with Crippen LogP contribution in [0.15, 0.2) is 36.7 Å². The number of nitrogens with one attached hydrogen (secondary N) is 1. The number of hydrogen-bond donors (Lipinski definition) is 1. The summed E-state index contributed by atoms with van der Waals surface area (Å²) in [4.78, 5) is 8.49. The number of halogens is 1. The van der Waals surface area contributed by atoms with Crippen LogP contribution in [0, 0.1) is 5.82 Å². The molecule has 1 heterocycles. The van der Waals surface area contributed by atoms with Crippen LogP contribution in [0.25, 0.3) is 0 Å². The molecule has 0 bridgehead atoms. The number of ether oxygens (including phenoxy) is 1. The lowest BCUT2D eigenvalue weighted by molar-refractivity contribution is 0.382. The summed E-state index contributed by atoms with van der Waals surface area (Å²) in [5.74, 6) is 0.180. The molecule has 20 heavy (non-hydrogen) atoms. The highest BCUT2D eigenvalue weighted by atomic mass is 19.1. The fraction of sp³-hybridized carbons (Fsp3) is 0.333. The van der Waals surface area contributed by atoms with Crippen molar-refractivity contribution in [2.24, 2.45) is 0 Å². The molecule has 1 unspecified atom stereocenters. The van der Waals surface area contributed by atoms with Gasteiger partial charge in [0, 0.05) is 12.4 Å². The highest BCUT2D eigenvalue weighted by Crippen LogP contribution is 2.26. The van der Waals surface area contributed by atoms with E-state index in [0.717, 1.165) is 18.5 Å². The van der Waals surface area contributed by atoms with Gasteiger partial charge >= 0.3 is 0 Å². The van der Waals surface area contributed by atoms with Crippen molar-refractivity contribution in [3.63, 3.8) is 0 Å². The topological polar surface area (TPSA) is 47.0 Å². The van der Waals surface area contributed by atoms with Crippen molar-refractivity contribution in [3.8, 4) is 5.88 Å². The average Bonchev–Trinajstić information content (AvgIpc) is 2.48. The second-order valence-corrected chi connectivity index (χ2v) is 4.39. The third kappa shape index (κ3) is 3.30. The van der Waals surface area contributed by atoms with E-state index >= 15 is 0 Å². The van der Waals surface area contributed by atoms with Crippen LogP contribution in [0.3, 0.4) is 0 Å².